The Morgan fingerprint density at radius 1 is 1.18 bits per heavy atom. The zero-order chi connectivity index (χ0) is 7.94. The molecule has 0 spiro atoms. The third-order valence-corrected chi connectivity index (χ3v) is 2.97. The minimum absolute atomic E-state index is 1.07. The fourth-order valence-corrected chi connectivity index (χ4v) is 2.19. The van der Waals surface area contributed by atoms with Gasteiger partial charge in [0, 0.05) is 0 Å². The summed E-state index contributed by atoms with van der Waals surface area (Å²) in [4.78, 5) is 0. The molecule has 1 saturated carbocycles. The summed E-state index contributed by atoms with van der Waals surface area (Å²) in [5.74, 6) is 3.17. The quantitative estimate of drug-likeness (QED) is 0.446. The zero-order valence-electron chi connectivity index (χ0n) is 7.31. The highest BCUT2D eigenvalue weighted by molar-refractivity contribution is 7.18. The van der Waals surface area contributed by atoms with Gasteiger partial charge in [0.15, 0.2) is 0 Å². The summed E-state index contributed by atoms with van der Waals surface area (Å²) in [6, 6.07) is 0. The lowest BCUT2D eigenvalue weighted by Gasteiger charge is -2.20. The van der Waals surface area contributed by atoms with E-state index in [1.165, 1.54) is 51.4 Å². The van der Waals surface area contributed by atoms with Crippen molar-refractivity contribution >= 4 is 14.7 Å². The Labute approximate surface area is 72.6 Å². The van der Waals surface area contributed by atoms with Crippen LogP contribution in [0.25, 0.3) is 0 Å². The van der Waals surface area contributed by atoms with Crippen LogP contribution in [-0.4, -0.2) is 5.80 Å². The number of hydrogen-bond donors (Lipinski definition) is 0. The Morgan fingerprint density at radius 3 is 2.55 bits per heavy atom. The minimum atomic E-state index is 1.07. The SMILES string of the molecule is P=CCCCC1CCCCC1. The Balaban J connectivity index is 2.00. The van der Waals surface area contributed by atoms with E-state index in [2.05, 4.69) is 14.7 Å². The predicted molar refractivity (Wildman–Crippen MR) is 54.8 cm³/mol. The summed E-state index contributed by atoms with van der Waals surface area (Å²) in [5, 5.41) is 0. The first-order valence-electron chi connectivity index (χ1n) is 4.92. The highest BCUT2D eigenvalue weighted by Crippen LogP contribution is 2.27. The molecule has 0 amide bonds. The van der Waals surface area contributed by atoms with E-state index in [-0.39, 0.29) is 0 Å². The molecule has 1 rings (SSSR count). The molecule has 0 saturated heterocycles. The van der Waals surface area contributed by atoms with Gasteiger partial charge in [0.2, 0.25) is 0 Å². The van der Waals surface area contributed by atoms with Crippen molar-refractivity contribution in [3.05, 3.63) is 0 Å². The van der Waals surface area contributed by atoms with Crippen LogP contribution in [0, 0.1) is 5.92 Å². The lowest BCUT2D eigenvalue weighted by Crippen LogP contribution is -2.05. The fraction of sp³-hybridized carbons (Fsp3) is 0.900. The Bertz CT molecular complexity index is 103. The summed E-state index contributed by atoms with van der Waals surface area (Å²) in [6.07, 6.45) is 11.6. The van der Waals surface area contributed by atoms with Gasteiger partial charge in [-0.1, -0.05) is 44.3 Å². The van der Waals surface area contributed by atoms with E-state index in [0.717, 1.165) is 5.92 Å². The summed E-state index contributed by atoms with van der Waals surface area (Å²) in [5.41, 5.74) is 0. The topological polar surface area (TPSA) is 0 Å². The van der Waals surface area contributed by atoms with E-state index >= 15 is 0 Å². The Morgan fingerprint density at radius 2 is 1.91 bits per heavy atom. The van der Waals surface area contributed by atoms with Gasteiger partial charge in [-0.3, -0.25) is 0 Å². The zero-order valence-corrected chi connectivity index (χ0v) is 8.31. The van der Waals surface area contributed by atoms with Crippen LogP contribution in [0.3, 0.4) is 0 Å². The average molecular weight is 170 g/mol. The van der Waals surface area contributed by atoms with E-state index in [4.69, 9.17) is 0 Å². The second-order valence-electron chi connectivity index (χ2n) is 3.64. The summed E-state index contributed by atoms with van der Waals surface area (Å²) in [7, 11) is 3.39. The normalized spacial score (nSPS) is 20.0. The van der Waals surface area contributed by atoms with Gasteiger partial charge < -0.3 is 0 Å². The largest absolute Gasteiger partial charge is 0.127 e. The van der Waals surface area contributed by atoms with Crippen molar-refractivity contribution in [3.63, 3.8) is 0 Å². The van der Waals surface area contributed by atoms with Crippen molar-refractivity contribution < 1.29 is 0 Å². The standard InChI is InChI=1S/C10H19P/c11-9-5-4-8-10-6-2-1-3-7-10/h9-11H,1-8H2. The summed E-state index contributed by atoms with van der Waals surface area (Å²) >= 11 is 0. The minimum Gasteiger partial charge on any atom is -0.127 e. The third kappa shape index (κ3) is 3.91. The number of unbranched alkanes of at least 4 members (excludes halogenated alkanes) is 1. The second-order valence-corrected chi connectivity index (χ2v) is 4.05. The molecule has 1 heteroatoms. The van der Waals surface area contributed by atoms with Gasteiger partial charge >= 0.3 is 0 Å². The Hall–Kier alpha value is 0.170. The van der Waals surface area contributed by atoms with Crippen molar-refractivity contribution in [2.24, 2.45) is 5.92 Å². The van der Waals surface area contributed by atoms with E-state index < -0.39 is 0 Å². The monoisotopic (exact) mass is 170 g/mol. The molecule has 0 aromatic rings. The van der Waals surface area contributed by atoms with Crippen molar-refractivity contribution in [2.45, 2.75) is 51.4 Å². The highest BCUT2D eigenvalue weighted by Gasteiger charge is 2.11. The molecule has 64 valence electrons. The van der Waals surface area contributed by atoms with Crippen LogP contribution in [0.15, 0.2) is 0 Å². The molecule has 0 heterocycles. The van der Waals surface area contributed by atoms with Gasteiger partial charge in [-0.25, -0.2) is 0 Å². The van der Waals surface area contributed by atoms with E-state index in [9.17, 15) is 0 Å². The molecule has 0 radical (unpaired) electrons. The molecule has 0 nitrogen and oxygen atoms in total. The van der Waals surface area contributed by atoms with Gasteiger partial charge in [-0.15, -0.1) is 8.86 Å². The maximum Gasteiger partial charge on any atom is -0.0310 e. The third-order valence-electron chi connectivity index (χ3n) is 2.69. The van der Waals surface area contributed by atoms with Gasteiger partial charge in [0.1, 0.15) is 0 Å². The van der Waals surface area contributed by atoms with Crippen molar-refractivity contribution in [1.29, 1.82) is 0 Å². The van der Waals surface area contributed by atoms with Gasteiger partial charge in [-0.2, -0.15) is 0 Å². The molecule has 0 N–H and O–H groups in total. The number of rotatable bonds is 4. The van der Waals surface area contributed by atoms with Crippen LogP contribution in [0.2, 0.25) is 0 Å². The van der Waals surface area contributed by atoms with Gasteiger partial charge in [-0.05, 0) is 18.8 Å². The average Bonchev–Trinajstić information content (AvgIpc) is 2.07. The lowest BCUT2D eigenvalue weighted by atomic mass is 9.86. The van der Waals surface area contributed by atoms with Crippen molar-refractivity contribution in [3.8, 4) is 0 Å². The molecule has 0 bridgehead atoms. The highest BCUT2D eigenvalue weighted by atomic mass is 31.0. The molecule has 0 aromatic carbocycles. The smallest absolute Gasteiger partial charge is 0.0310 e. The molecule has 1 aliphatic carbocycles. The van der Waals surface area contributed by atoms with Crippen LogP contribution < -0.4 is 0 Å². The first kappa shape index (κ1) is 9.26. The van der Waals surface area contributed by atoms with Gasteiger partial charge in [0.25, 0.3) is 0 Å². The maximum atomic E-state index is 3.39. The molecule has 0 atom stereocenters. The van der Waals surface area contributed by atoms with Crippen LogP contribution >= 0.6 is 8.86 Å². The maximum absolute atomic E-state index is 3.39. The van der Waals surface area contributed by atoms with Crippen LogP contribution in [-0.2, 0) is 0 Å². The van der Waals surface area contributed by atoms with Gasteiger partial charge in [0.05, 0.1) is 0 Å². The molecule has 0 aliphatic heterocycles. The van der Waals surface area contributed by atoms with E-state index in [0.29, 0.717) is 0 Å². The molecule has 0 aromatic heterocycles. The first-order valence-corrected chi connectivity index (χ1v) is 5.50. The molecule has 0 unspecified atom stereocenters. The molecule has 1 aliphatic rings. The van der Waals surface area contributed by atoms with Crippen LogP contribution in [0.4, 0.5) is 0 Å². The fourth-order valence-electron chi connectivity index (χ4n) is 1.98. The predicted octanol–water partition coefficient (Wildman–Crippen LogP) is 3.68. The Kier molecular flexibility index (Phi) is 4.86. The molecule has 1 fully saturated rings. The summed E-state index contributed by atoms with van der Waals surface area (Å²) in [6.45, 7) is 0. The summed E-state index contributed by atoms with van der Waals surface area (Å²) < 4.78 is 0. The first-order chi connectivity index (χ1) is 5.43. The van der Waals surface area contributed by atoms with Crippen LogP contribution in [0.5, 0.6) is 0 Å². The molecular weight excluding hydrogens is 151 g/mol. The van der Waals surface area contributed by atoms with E-state index in [1.807, 2.05) is 0 Å². The second kappa shape index (κ2) is 5.77. The van der Waals surface area contributed by atoms with Crippen molar-refractivity contribution in [2.75, 3.05) is 0 Å². The lowest BCUT2D eigenvalue weighted by molar-refractivity contribution is 0.334. The molecular formula is C10H19P. The van der Waals surface area contributed by atoms with Crippen LogP contribution in [0.1, 0.15) is 51.4 Å². The molecule has 11 heavy (non-hydrogen) atoms. The number of hydrogen-bond acceptors (Lipinski definition) is 0. The van der Waals surface area contributed by atoms with E-state index in [1.54, 1.807) is 0 Å². The van der Waals surface area contributed by atoms with Crippen molar-refractivity contribution in [1.82, 2.24) is 0 Å².